The average molecular weight is 449 g/mol. The summed E-state index contributed by atoms with van der Waals surface area (Å²) in [5.41, 5.74) is 1.59. The van der Waals surface area contributed by atoms with Crippen molar-refractivity contribution in [1.82, 2.24) is 25.0 Å². The lowest BCUT2D eigenvalue weighted by molar-refractivity contribution is -0.134. The summed E-state index contributed by atoms with van der Waals surface area (Å²) in [4.78, 5) is 43.0. The van der Waals surface area contributed by atoms with Crippen LogP contribution in [-0.2, 0) is 11.2 Å². The van der Waals surface area contributed by atoms with Gasteiger partial charge in [-0.2, -0.15) is 0 Å². The molecular formula is C24H24FN5O3. The van der Waals surface area contributed by atoms with Gasteiger partial charge in [0, 0.05) is 31.7 Å². The lowest BCUT2D eigenvalue weighted by Crippen LogP contribution is -2.38. The van der Waals surface area contributed by atoms with Gasteiger partial charge >= 0.3 is 5.69 Å². The highest BCUT2D eigenvalue weighted by atomic mass is 19.1. The van der Waals surface area contributed by atoms with Crippen LogP contribution in [0.2, 0.25) is 0 Å². The number of halogens is 1. The maximum absolute atomic E-state index is 14.1. The summed E-state index contributed by atoms with van der Waals surface area (Å²) in [6.07, 6.45) is 2.06. The van der Waals surface area contributed by atoms with Crippen molar-refractivity contribution in [2.45, 2.75) is 6.42 Å². The van der Waals surface area contributed by atoms with E-state index in [1.165, 1.54) is 11.0 Å². The molecule has 1 unspecified atom stereocenters. The van der Waals surface area contributed by atoms with Crippen LogP contribution in [0, 0.1) is 11.7 Å². The fraction of sp³-hybridized carbons (Fsp3) is 0.250. The maximum Gasteiger partial charge on any atom is 0.341 e. The molecule has 0 saturated carbocycles. The third-order valence-corrected chi connectivity index (χ3v) is 5.70. The summed E-state index contributed by atoms with van der Waals surface area (Å²) in [7, 11) is 0. The molecular weight excluding hydrogens is 425 g/mol. The predicted molar refractivity (Wildman–Crippen MR) is 121 cm³/mol. The van der Waals surface area contributed by atoms with Gasteiger partial charge in [0.15, 0.2) is 0 Å². The molecule has 1 atom stereocenters. The zero-order chi connectivity index (χ0) is 23.4. The van der Waals surface area contributed by atoms with Crippen LogP contribution < -0.4 is 5.69 Å². The van der Waals surface area contributed by atoms with Crippen molar-refractivity contribution in [3.63, 3.8) is 0 Å². The molecule has 1 aliphatic heterocycles. The Kier molecular flexibility index (Phi) is 6.48. The van der Waals surface area contributed by atoms with Gasteiger partial charge in [-0.1, -0.05) is 48.5 Å². The molecule has 4 rings (SSSR count). The third kappa shape index (κ3) is 4.92. The van der Waals surface area contributed by atoms with E-state index in [1.807, 2.05) is 24.3 Å². The zero-order valence-electron chi connectivity index (χ0n) is 18.0. The third-order valence-electron chi connectivity index (χ3n) is 5.70. The number of nitrogens with one attached hydrogen (secondary N) is 2. The van der Waals surface area contributed by atoms with Crippen LogP contribution in [-0.4, -0.2) is 63.0 Å². The largest absolute Gasteiger partial charge is 0.341 e. The molecule has 2 amide bonds. The number of H-pyrrole nitrogens is 2. The number of hydrogen-bond acceptors (Lipinski definition) is 4. The first-order chi connectivity index (χ1) is 16.0. The van der Waals surface area contributed by atoms with Gasteiger partial charge in [0.25, 0.3) is 5.91 Å². The number of rotatable bonds is 6. The molecule has 170 valence electrons. The Hall–Kier alpha value is -4.01. The first kappa shape index (κ1) is 22.2. The number of hydrogen-bond donors (Lipinski definition) is 2. The van der Waals surface area contributed by atoms with Crippen LogP contribution in [0.15, 0.2) is 66.0 Å². The highest BCUT2D eigenvalue weighted by molar-refractivity contribution is 5.91. The molecule has 33 heavy (non-hydrogen) atoms. The van der Waals surface area contributed by atoms with E-state index < -0.39 is 17.5 Å². The molecule has 0 bridgehead atoms. The Labute approximate surface area is 189 Å². The Balaban J connectivity index is 1.55. The standard InChI is InChI=1S/C24H24FN5O3/c1-2-11-29-12-13-30(23(32)21-26-24(33)28-27-21)15-18(22(29)31)14-16-7-9-17(10-8-16)19-5-3-4-6-20(19)25/h2-10,18H,1,11-15H2,(H2,26,27,28,33). The second-order valence-corrected chi connectivity index (χ2v) is 7.93. The summed E-state index contributed by atoms with van der Waals surface area (Å²) in [6, 6.07) is 14.0. The first-order valence-electron chi connectivity index (χ1n) is 10.6. The Morgan fingerprint density at radius 1 is 1.15 bits per heavy atom. The highest BCUT2D eigenvalue weighted by Gasteiger charge is 2.33. The maximum atomic E-state index is 14.1. The Bertz CT molecular complexity index is 1220. The molecule has 0 aliphatic carbocycles. The van der Waals surface area contributed by atoms with Crippen LogP contribution in [0.5, 0.6) is 0 Å². The molecule has 1 aliphatic rings. The highest BCUT2D eigenvalue weighted by Crippen LogP contribution is 2.24. The Morgan fingerprint density at radius 3 is 2.58 bits per heavy atom. The van der Waals surface area contributed by atoms with Gasteiger partial charge in [-0.15, -0.1) is 11.7 Å². The van der Waals surface area contributed by atoms with Crippen LogP contribution in [0.3, 0.4) is 0 Å². The van der Waals surface area contributed by atoms with E-state index in [0.29, 0.717) is 31.6 Å². The minimum Gasteiger partial charge on any atom is -0.337 e. The monoisotopic (exact) mass is 449 g/mol. The van der Waals surface area contributed by atoms with Crippen molar-refractivity contribution < 1.29 is 14.0 Å². The minimum absolute atomic E-state index is 0.0705. The van der Waals surface area contributed by atoms with E-state index in [2.05, 4.69) is 21.8 Å². The number of carbonyl (C=O) groups is 2. The van der Waals surface area contributed by atoms with E-state index in [9.17, 15) is 18.8 Å². The molecule has 2 N–H and O–H groups in total. The molecule has 1 saturated heterocycles. The number of benzene rings is 2. The second kappa shape index (κ2) is 9.64. The van der Waals surface area contributed by atoms with Gasteiger partial charge in [0.2, 0.25) is 11.7 Å². The number of aromatic nitrogens is 3. The normalized spacial score (nSPS) is 16.5. The molecule has 2 heterocycles. The van der Waals surface area contributed by atoms with E-state index in [4.69, 9.17) is 0 Å². The van der Waals surface area contributed by atoms with Gasteiger partial charge in [-0.05, 0) is 23.6 Å². The molecule has 0 spiro atoms. The van der Waals surface area contributed by atoms with Crippen molar-refractivity contribution >= 4 is 11.8 Å². The summed E-state index contributed by atoms with van der Waals surface area (Å²) < 4.78 is 14.1. The second-order valence-electron chi connectivity index (χ2n) is 7.93. The van der Waals surface area contributed by atoms with E-state index in [-0.39, 0.29) is 24.1 Å². The average Bonchev–Trinajstić information content (AvgIpc) is 3.20. The van der Waals surface area contributed by atoms with Gasteiger partial charge in [0.05, 0.1) is 5.92 Å². The smallest absolute Gasteiger partial charge is 0.337 e. The van der Waals surface area contributed by atoms with Crippen LogP contribution in [0.4, 0.5) is 4.39 Å². The van der Waals surface area contributed by atoms with Gasteiger partial charge in [-0.25, -0.2) is 14.3 Å². The van der Waals surface area contributed by atoms with Crippen molar-refractivity contribution in [2.24, 2.45) is 5.92 Å². The summed E-state index contributed by atoms with van der Waals surface area (Å²) in [6.45, 7) is 4.96. The fourth-order valence-electron chi connectivity index (χ4n) is 4.04. The minimum atomic E-state index is -0.566. The van der Waals surface area contributed by atoms with E-state index in [1.54, 1.807) is 29.2 Å². The van der Waals surface area contributed by atoms with Crippen molar-refractivity contribution in [1.29, 1.82) is 0 Å². The van der Waals surface area contributed by atoms with Gasteiger partial charge in [0.1, 0.15) is 5.82 Å². The number of aromatic amines is 2. The van der Waals surface area contributed by atoms with Crippen LogP contribution in [0.25, 0.3) is 11.1 Å². The van der Waals surface area contributed by atoms with Gasteiger partial charge in [-0.3, -0.25) is 14.6 Å². The fourth-order valence-corrected chi connectivity index (χ4v) is 4.04. The topological polar surface area (TPSA) is 102 Å². The Morgan fingerprint density at radius 2 is 1.91 bits per heavy atom. The van der Waals surface area contributed by atoms with E-state index >= 15 is 0 Å². The summed E-state index contributed by atoms with van der Waals surface area (Å²) in [5.74, 6) is -1.38. The predicted octanol–water partition coefficient (Wildman–Crippen LogP) is 2.23. The van der Waals surface area contributed by atoms with Crippen molar-refractivity contribution in [2.75, 3.05) is 26.2 Å². The molecule has 1 fully saturated rings. The molecule has 0 radical (unpaired) electrons. The lowest BCUT2D eigenvalue weighted by Gasteiger charge is -2.23. The lowest BCUT2D eigenvalue weighted by atomic mass is 9.95. The molecule has 2 aromatic carbocycles. The molecule has 1 aromatic heterocycles. The quantitative estimate of drug-likeness (QED) is 0.564. The summed E-state index contributed by atoms with van der Waals surface area (Å²) >= 11 is 0. The SMILES string of the molecule is C=CCN1CCN(C(=O)c2n[nH]c(=O)[nH]2)CC(Cc2ccc(-c3ccccc3F)cc2)C1=O. The zero-order valence-corrected chi connectivity index (χ0v) is 18.0. The number of carbonyl (C=O) groups excluding carboxylic acids is 2. The van der Waals surface area contributed by atoms with Crippen LogP contribution in [0.1, 0.15) is 16.2 Å². The molecule has 9 heteroatoms. The van der Waals surface area contributed by atoms with Gasteiger partial charge < -0.3 is 9.80 Å². The molecule has 3 aromatic rings. The number of amides is 2. The van der Waals surface area contributed by atoms with E-state index in [0.717, 1.165) is 11.1 Å². The first-order valence-corrected chi connectivity index (χ1v) is 10.6. The summed E-state index contributed by atoms with van der Waals surface area (Å²) in [5, 5.41) is 5.91. The van der Waals surface area contributed by atoms with Crippen molar-refractivity contribution in [3.05, 3.63) is 88.9 Å². The number of nitrogens with zero attached hydrogens (tertiary/aromatic N) is 3. The van der Waals surface area contributed by atoms with Crippen molar-refractivity contribution in [3.8, 4) is 11.1 Å². The van der Waals surface area contributed by atoms with Crippen LogP contribution >= 0.6 is 0 Å². The molecule has 8 nitrogen and oxygen atoms in total.